The summed E-state index contributed by atoms with van der Waals surface area (Å²) in [5.41, 5.74) is 5.83. The Morgan fingerprint density at radius 3 is 2.24 bits per heavy atom. The lowest BCUT2D eigenvalue weighted by Crippen LogP contribution is -2.38. The van der Waals surface area contributed by atoms with Gasteiger partial charge in [0.05, 0.1) is 11.1 Å². The first-order valence-electron chi connectivity index (χ1n) is 6.94. The summed E-state index contributed by atoms with van der Waals surface area (Å²) in [4.78, 5) is 23.9. The summed E-state index contributed by atoms with van der Waals surface area (Å²) in [6, 6.07) is 12.4. The monoisotopic (exact) mass is 361 g/mol. The molecule has 130 valence electrons. The van der Waals surface area contributed by atoms with Crippen LogP contribution in [0.25, 0.3) is 0 Å². The maximum Gasteiger partial charge on any atom is 0.327 e. The van der Waals surface area contributed by atoms with Crippen LogP contribution in [0, 0.1) is 0 Å². The SMILES string of the molecule is NC(=O)NC(=O)Nc1ccc(S(=O)(=O)N/N=C/c2ccccc2)cc1. The lowest BCUT2D eigenvalue weighted by molar-refractivity contribution is 0.238. The Morgan fingerprint density at radius 2 is 1.64 bits per heavy atom. The maximum absolute atomic E-state index is 12.1. The third kappa shape index (κ3) is 5.62. The van der Waals surface area contributed by atoms with Crippen LogP contribution in [-0.4, -0.2) is 26.7 Å². The average Bonchev–Trinajstić information content (AvgIpc) is 2.55. The number of hydrazone groups is 1. The van der Waals surface area contributed by atoms with E-state index < -0.39 is 22.1 Å². The molecule has 0 fully saturated rings. The van der Waals surface area contributed by atoms with Crippen molar-refractivity contribution in [3.8, 4) is 0 Å². The van der Waals surface area contributed by atoms with Gasteiger partial charge in [0, 0.05) is 5.69 Å². The smallest absolute Gasteiger partial charge is 0.327 e. The van der Waals surface area contributed by atoms with Crippen molar-refractivity contribution in [2.24, 2.45) is 10.8 Å². The third-order valence-electron chi connectivity index (χ3n) is 2.85. The molecular formula is C15H15N5O4S. The van der Waals surface area contributed by atoms with E-state index in [1.165, 1.54) is 30.5 Å². The van der Waals surface area contributed by atoms with Crippen molar-refractivity contribution in [2.75, 3.05) is 5.32 Å². The zero-order chi connectivity index (χ0) is 18.3. The van der Waals surface area contributed by atoms with Crippen molar-refractivity contribution in [3.05, 3.63) is 60.2 Å². The topological polar surface area (TPSA) is 143 Å². The molecule has 0 aliphatic rings. The van der Waals surface area contributed by atoms with Crippen molar-refractivity contribution in [3.63, 3.8) is 0 Å². The number of carbonyl (C=O) groups excluding carboxylic acids is 2. The number of urea groups is 2. The van der Waals surface area contributed by atoms with Gasteiger partial charge in [-0.15, -0.1) is 0 Å². The summed E-state index contributed by atoms with van der Waals surface area (Å²) in [6.07, 6.45) is 1.38. The number of anilines is 1. The van der Waals surface area contributed by atoms with Crippen LogP contribution in [0.3, 0.4) is 0 Å². The lowest BCUT2D eigenvalue weighted by atomic mass is 10.2. The van der Waals surface area contributed by atoms with E-state index in [1.54, 1.807) is 24.3 Å². The third-order valence-corrected chi connectivity index (χ3v) is 4.08. The van der Waals surface area contributed by atoms with Crippen molar-refractivity contribution in [1.29, 1.82) is 0 Å². The van der Waals surface area contributed by atoms with Crippen LogP contribution in [-0.2, 0) is 10.0 Å². The molecule has 4 amide bonds. The Balaban J connectivity index is 2.01. The van der Waals surface area contributed by atoms with Gasteiger partial charge in [0.1, 0.15) is 0 Å². The van der Waals surface area contributed by atoms with Crippen LogP contribution in [0.5, 0.6) is 0 Å². The summed E-state index contributed by atoms with van der Waals surface area (Å²) in [7, 11) is -3.85. The molecule has 2 aromatic rings. The van der Waals surface area contributed by atoms with Crippen molar-refractivity contribution >= 4 is 34.0 Å². The van der Waals surface area contributed by atoms with Crippen LogP contribution in [0.2, 0.25) is 0 Å². The molecule has 5 N–H and O–H groups in total. The Kier molecular flexibility index (Phi) is 5.69. The molecule has 0 heterocycles. The van der Waals surface area contributed by atoms with Crippen LogP contribution in [0.4, 0.5) is 15.3 Å². The molecule has 0 saturated heterocycles. The van der Waals surface area contributed by atoms with E-state index in [0.29, 0.717) is 0 Å². The van der Waals surface area contributed by atoms with E-state index in [4.69, 9.17) is 5.73 Å². The van der Waals surface area contributed by atoms with Crippen LogP contribution < -0.4 is 21.2 Å². The largest absolute Gasteiger partial charge is 0.351 e. The first kappa shape index (κ1) is 17.9. The molecule has 0 spiro atoms. The maximum atomic E-state index is 12.1. The molecule has 0 aromatic heterocycles. The van der Waals surface area contributed by atoms with Gasteiger partial charge in [-0.25, -0.2) is 14.4 Å². The number of hydrogen-bond donors (Lipinski definition) is 4. The normalized spacial score (nSPS) is 11.0. The van der Waals surface area contributed by atoms with E-state index in [9.17, 15) is 18.0 Å². The average molecular weight is 361 g/mol. The molecule has 0 unspecified atom stereocenters. The summed E-state index contributed by atoms with van der Waals surface area (Å²) in [5.74, 6) is 0. The summed E-state index contributed by atoms with van der Waals surface area (Å²) < 4.78 is 24.2. The highest BCUT2D eigenvalue weighted by atomic mass is 32.2. The van der Waals surface area contributed by atoms with E-state index >= 15 is 0 Å². The first-order valence-corrected chi connectivity index (χ1v) is 8.42. The van der Waals surface area contributed by atoms with Crippen molar-refractivity contribution < 1.29 is 18.0 Å². The van der Waals surface area contributed by atoms with Crippen molar-refractivity contribution in [1.82, 2.24) is 10.1 Å². The number of benzene rings is 2. The minimum atomic E-state index is -3.85. The standard InChI is InChI=1S/C15H15N5O4S/c16-14(21)19-15(22)18-12-6-8-13(9-7-12)25(23,24)20-17-10-11-4-2-1-3-5-11/h1-10,20H,(H4,16,18,19,21,22)/b17-10+. The first-order chi connectivity index (χ1) is 11.9. The van der Waals surface area contributed by atoms with E-state index in [-0.39, 0.29) is 10.6 Å². The number of carbonyl (C=O) groups is 2. The minimum Gasteiger partial charge on any atom is -0.351 e. The summed E-state index contributed by atoms with van der Waals surface area (Å²) in [6.45, 7) is 0. The second kappa shape index (κ2) is 7.93. The molecule has 0 atom stereocenters. The van der Waals surface area contributed by atoms with E-state index in [1.807, 2.05) is 11.4 Å². The van der Waals surface area contributed by atoms with Gasteiger partial charge in [-0.3, -0.25) is 5.32 Å². The quantitative estimate of drug-likeness (QED) is 0.468. The molecular weight excluding hydrogens is 346 g/mol. The number of amides is 4. The zero-order valence-corrected chi connectivity index (χ0v) is 13.7. The van der Waals surface area contributed by atoms with Gasteiger partial charge >= 0.3 is 12.1 Å². The molecule has 0 aliphatic carbocycles. The van der Waals surface area contributed by atoms with Crippen molar-refractivity contribution in [2.45, 2.75) is 4.90 Å². The molecule has 0 saturated carbocycles. The molecule has 2 aromatic carbocycles. The highest BCUT2D eigenvalue weighted by molar-refractivity contribution is 7.89. The number of imide groups is 1. The van der Waals surface area contributed by atoms with Gasteiger partial charge in [-0.1, -0.05) is 30.3 Å². The fourth-order valence-electron chi connectivity index (χ4n) is 1.75. The fraction of sp³-hybridized carbons (Fsp3) is 0. The van der Waals surface area contributed by atoms with E-state index in [0.717, 1.165) is 5.56 Å². The number of sulfonamides is 1. The van der Waals surface area contributed by atoms with Gasteiger partial charge in [0.15, 0.2) is 0 Å². The second-order valence-electron chi connectivity index (χ2n) is 4.73. The number of rotatable bonds is 5. The molecule has 0 aliphatic heterocycles. The number of nitrogens with zero attached hydrogens (tertiary/aromatic N) is 1. The Labute approximate surface area is 144 Å². The second-order valence-corrected chi connectivity index (χ2v) is 6.39. The number of nitrogens with one attached hydrogen (secondary N) is 3. The summed E-state index contributed by atoms with van der Waals surface area (Å²) >= 11 is 0. The molecule has 10 heteroatoms. The molecule has 9 nitrogen and oxygen atoms in total. The number of nitrogens with two attached hydrogens (primary N) is 1. The van der Waals surface area contributed by atoms with Crippen LogP contribution in [0.15, 0.2) is 64.6 Å². The number of primary amides is 1. The van der Waals surface area contributed by atoms with Crippen LogP contribution >= 0.6 is 0 Å². The Hall–Kier alpha value is -3.40. The van der Waals surface area contributed by atoms with Gasteiger partial charge in [-0.05, 0) is 29.8 Å². The van der Waals surface area contributed by atoms with E-state index in [2.05, 4.69) is 15.2 Å². The molecule has 0 radical (unpaired) electrons. The number of hydrogen-bond acceptors (Lipinski definition) is 5. The molecule has 0 bridgehead atoms. The van der Waals surface area contributed by atoms with Gasteiger partial charge in [0.2, 0.25) is 0 Å². The summed E-state index contributed by atoms with van der Waals surface area (Å²) in [5, 5.41) is 7.84. The van der Waals surface area contributed by atoms with Crippen LogP contribution in [0.1, 0.15) is 5.56 Å². The minimum absolute atomic E-state index is 0.0430. The molecule has 25 heavy (non-hydrogen) atoms. The Bertz CT molecular complexity index is 880. The Morgan fingerprint density at radius 1 is 1.00 bits per heavy atom. The highest BCUT2D eigenvalue weighted by Crippen LogP contribution is 2.13. The predicted molar refractivity (Wildman–Crippen MR) is 92.5 cm³/mol. The van der Waals surface area contributed by atoms with Gasteiger partial charge < -0.3 is 11.1 Å². The predicted octanol–water partition coefficient (Wildman–Crippen LogP) is 1.20. The molecule has 2 rings (SSSR count). The lowest BCUT2D eigenvalue weighted by Gasteiger charge is -2.07. The fourth-order valence-corrected chi connectivity index (χ4v) is 2.55. The van der Waals surface area contributed by atoms with Gasteiger partial charge in [0.25, 0.3) is 10.0 Å². The zero-order valence-electron chi connectivity index (χ0n) is 12.8. The highest BCUT2D eigenvalue weighted by Gasteiger charge is 2.13. The van der Waals surface area contributed by atoms with Gasteiger partial charge in [-0.2, -0.15) is 13.5 Å².